The van der Waals surface area contributed by atoms with Gasteiger partial charge < -0.3 is 16.2 Å². The maximum atomic E-state index is 10.8. The van der Waals surface area contributed by atoms with Gasteiger partial charge in [0.05, 0.1) is 13.0 Å². The van der Waals surface area contributed by atoms with E-state index in [1.807, 2.05) is 0 Å². The maximum Gasteiger partial charge on any atom is 0.307 e. The second-order valence-electron chi connectivity index (χ2n) is 2.35. The van der Waals surface area contributed by atoms with Gasteiger partial charge >= 0.3 is 5.97 Å². The molecule has 0 amide bonds. The number of carbonyl (C=O) groups is 1. The zero-order chi connectivity index (χ0) is 8.69. The first-order valence-corrected chi connectivity index (χ1v) is 3.82. The molecule has 0 aromatic rings. The van der Waals surface area contributed by atoms with E-state index in [2.05, 4.69) is 0 Å². The number of nitrogens with two attached hydrogens (primary N) is 2. The number of hydrogen-bond donors (Lipinski definition) is 2. The van der Waals surface area contributed by atoms with Crippen molar-refractivity contribution in [1.82, 2.24) is 0 Å². The van der Waals surface area contributed by atoms with Crippen LogP contribution in [0.1, 0.15) is 19.8 Å². The molecular formula is C7H16N2O2. The van der Waals surface area contributed by atoms with Crippen LogP contribution in [0.4, 0.5) is 0 Å². The third kappa shape index (κ3) is 5.82. The van der Waals surface area contributed by atoms with Crippen LogP contribution in [0.5, 0.6) is 0 Å². The monoisotopic (exact) mass is 160 g/mol. The van der Waals surface area contributed by atoms with Crippen molar-refractivity contribution in [2.24, 2.45) is 11.5 Å². The number of rotatable bonds is 5. The van der Waals surface area contributed by atoms with Gasteiger partial charge in [-0.1, -0.05) is 0 Å². The third-order valence-corrected chi connectivity index (χ3v) is 1.27. The lowest BCUT2D eigenvalue weighted by molar-refractivity contribution is -0.143. The van der Waals surface area contributed by atoms with Crippen molar-refractivity contribution in [2.75, 3.05) is 13.2 Å². The van der Waals surface area contributed by atoms with Gasteiger partial charge in [-0.2, -0.15) is 0 Å². The molecule has 0 aromatic heterocycles. The molecule has 0 saturated heterocycles. The van der Waals surface area contributed by atoms with Gasteiger partial charge in [-0.05, 0) is 19.9 Å². The molecule has 1 atom stereocenters. The molecule has 0 radical (unpaired) electrons. The van der Waals surface area contributed by atoms with Crippen molar-refractivity contribution < 1.29 is 9.53 Å². The fraction of sp³-hybridized carbons (Fsp3) is 0.857. The molecule has 0 heterocycles. The van der Waals surface area contributed by atoms with Crippen LogP contribution in [0.15, 0.2) is 0 Å². The summed E-state index contributed by atoms with van der Waals surface area (Å²) in [6.45, 7) is 2.70. The quantitative estimate of drug-likeness (QED) is 0.537. The average Bonchev–Trinajstić information content (AvgIpc) is 1.87. The Labute approximate surface area is 66.9 Å². The van der Waals surface area contributed by atoms with E-state index in [-0.39, 0.29) is 18.4 Å². The molecule has 0 spiro atoms. The number of esters is 1. The highest BCUT2D eigenvalue weighted by molar-refractivity contribution is 5.70. The van der Waals surface area contributed by atoms with Crippen LogP contribution in [0.3, 0.4) is 0 Å². The van der Waals surface area contributed by atoms with E-state index in [1.54, 1.807) is 6.92 Å². The molecule has 0 unspecified atom stereocenters. The fourth-order valence-electron chi connectivity index (χ4n) is 0.750. The van der Waals surface area contributed by atoms with Crippen molar-refractivity contribution in [3.05, 3.63) is 0 Å². The number of ether oxygens (including phenoxy) is 1. The normalized spacial score (nSPS) is 12.6. The average molecular weight is 160 g/mol. The van der Waals surface area contributed by atoms with E-state index in [0.717, 1.165) is 0 Å². The smallest absolute Gasteiger partial charge is 0.307 e. The Hall–Kier alpha value is -0.610. The standard InChI is InChI=1S/C7H16N2O2/c1-2-11-7(10)5-6(9)3-4-8/h6H,2-5,8-9H2,1H3/t6-/m0/s1. The summed E-state index contributed by atoms with van der Waals surface area (Å²) in [4.78, 5) is 10.8. The minimum absolute atomic E-state index is 0.154. The van der Waals surface area contributed by atoms with Gasteiger partial charge in [-0.25, -0.2) is 0 Å². The zero-order valence-electron chi connectivity index (χ0n) is 6.88. The maximum absolute atomic E-state index is 10.8. The molecule has 0 aliphatic rings. The van der Waals surface area contributed by atoms with Crippen molar-refractivity contribution in [3.8, 4) is 0 Å². The molecule has 0 aliphatic carbocycles. The van der Waals surface area contributed by atoms with E-state index in [0.29, 0.717) is 19.6 Å². The minimum Gasteiger partial charge on any atom is -0.466 e. The Morgan fingerprint density at radius 1 is 1.64 bits per heavy atom. The molecular weight excluding hydrogens is 144 g/mol. The Morgan fingerprint density at radius 2 is 2.27 bits per heavy atom. The SMILES string of the molecule is CCOC(=O)C[C@@H](N)CCN. The van der Waals surface area contributed by atoms with Crippen LogP contribution < -0.4 is 11.5 Å². The number of carbonyl (C=O) groups excluding carboxylic acids is 1. The highest BCUT2D eigenvalue weighted by atomic mass is 16.5. The Balaban J connectivity index is 3.40. The first-order valence-electron chi connectivity index (χ1n) is 3.82. The lowest BCUT2D eigenvalue weighted by Crippen LogP contribution is -2.27. The Morgan fingerprint density at radius 3 is 2.73 bits per heavy atom. The van der Waals surface area contributed by atoms with Gasteiger partial charge in [0.25, 0.3) is 0 Å². The summed E-state index contributed by atoms with van der Waals surface area (Å²) in [6, 6.07) is -0.154. The fourth-order valence-corrected chi connectivity index (χ4v) is 0.750. The van der Waals surface area contributed by atoms with Gasteiger partial charge in [0, 0.05) is 6.04 Å². The lowest BCUT2D eigenvalue weighted by Gasteiger charge is -2.08. The van der Waals surface area contributed by atoms with Gasteiger partial charge in [0.2, 0.25) is 0 Å². The van der Waals surface area contributed by atoms with Gasteiger partial charge in [-0.3, -0.25) is 4.79 Å². The molecule has 4 nitrogen and oxygen atoms in total. The van der Waals surface area contributed by atoms with Gasteiger partial charge in [0.15, 0.2) is 0 Å². The van der Waals surface area contributed by atoms with E-state index >= 15 is 0 Å². The van der Waals surface area contributed by atoms with Crippen molar-refractivity contribution >= 4 is 5.97 Å². The van der Waals surface area contributed by atoms with Crippen molar-refractivity contribution in [3.63, 3.8) is 0 Å². The summed E-state index contributed by atoms with van der Waals surface area (Å²) < 4.78 is 4.70. The van der Waals surface area contributed by atoms with Crippen LogP contribution in [-0.2, 0) is 9.53 Å². The van der Waals surface area contributed by atoms with Crippen LogP contribution in [0.25, 0.3) is 0 Å². The van der Waals surface area contributed by atoms with Crippen molar-refractivity contribution in [2.45, 2.75) is 25.8 Å². The molecule has 66 valence electrons. The van der Waals surface area contributed by atoms with Crippen LogP contribution >= 0.6 is 0 Å². The molecule has 0 fully saturated rings. The van der Waals surface area contributed by atoms with Gasteiger partial charge in [0.1, 0.15) is 0 Å². The van der Waals surface area contributed by atoms with E-state index in [9.17, 15) is 4.79 Å². The summed E-state index contributed by atoms with van der Waals surface area (Å²) in [5.74, 6) is -0.242. The largest absolute Gasteiger partial charge is 0.466 e. The molecule has 0 aliphatic heterocycles. The zero-order valence-corrected chi connectivity index (χ0v) is 6.88. The van der Waals surface area contributed by atoms with Crippen LogP contribution in [0.2, 0.25) is 0 Å². The topological polar surface area (TPSA) is 78.3 Å². The van der Waals surface area contributed by atoms with Crippen LogP contribution in [0, 0.1) is 0 Å². The summed E-state index contributed by atoms with van der Waals surface area (Å²) in [7, 11) is 0. The van der Waals surface area contributed by atoms with Crippen LogP contribution in [-0.4, -0.2) is 25.2 Å². The van der Waals surface area contributed by atoms with Gasteiger partial charge in [-0.15, -0.1) is 0 Å². The molecule has 4 heteroatoms. The second kappa shape index (κ2) is 6.12. The lowest BCUT2D eigenvalue weighted by atomic mass is 10.1. The third-order valence-electron chi connectivity index (χ3n) is 1.27. The molecule has 0 aromatic carbocycles. The molecule has 11 heavy (non-hydrogen) atoms. The minimum atomic E-state index is -0.242. The predicted octanol–water partition coefficient (Wildman–Crippen LogP) is -0.384. The van der Waals surface area contributed by atoms with E-state index in [1.165, 1.54) is 0 Å². The molecule has 0 bridgehead atoms. The van der Waals surface area contributed by atoms with Crippen molar-refractivity contribution in [1.29, 1.82) is 0 Å². The Bertz CT molecular complexity index is 117. The summed E-state index contributed by atoms with van der Waals surface area (Å²) in [6.07, 6.45) is 0.934. The summed E-state index contributed by atoms with van der Waals surface area (Å²) in [5, 5.41) is 0. The molecule has 4 N–H and O–H groups in total. The molecule has 0 saturated carbocycles. The highest BCUT2D eigenvalue weighted by Gasteiger charge is 2.08. The predicted molar refractivity (Wildman–Crippen MR) is 42.9 cm³/mol. The Kier molecular flexibility index (Phi) is 5.78. The first-order chi connectivity index (χ1) is 5.20. The first kappa shape index (κ1) is 10.4. The number of hydrogen-bond acceptors (Lipinski definition) is 4. The molecule has 0 rings (SSSR count). The highest BCUT2D eigenvalue weighted by Crippen LogP contribution is 1.95. The second-order valence-corrected chi connectivity index (χ2v) is 2.35. The summed E-state index contributed by atoms with van der Waals surface area (Å²) in [5.41, 5.74) is 10.8. The van der Waals surface area contributed by atoms with E-state index in [4.69, 9.17) is 16.2 Å². The van der Waals surface area contributed by atoms with E-state index < -0.39 is 0 Å². The summed E-state index contributed by atoms with van der Waals surface area (Å²) >= 11 is 0.